The molecule has 1 fully saturated rings. The molecule has 2 rings (SSSR count). The van der Waals surface area contributed by atoms with Crippen LogP contribution in [0.15, 0.2) is 24.3 Å². The number of nitrogens with one attached hydrogen (secondary N) is 1. The largest absolute Gasteiger partial charge is 0.317 e. The zero-order chi connectivity index (χ0) is 12.1. The number of hydrogen-bond donors (Lipinski definition) is 1. The minimum atomic E-state index is 0.741. The molecule has 0 bridgehead atoms. The summed E-state index contributed by atoms with van der Waals surface area (Å²) in [5, 5.41) is 3.47. The van der Waals surface area contributed by atoms with Gasteiger partial charge in [0.15, 0.2) is 0 Å². The van der Waals surface area contributed by atoms with Crippen LogP contribution in [0, 0.1) is 5.92 Å². The van der Waals surface area contributed by atoms with Gasteiger partial charge >= 0.3 is 0 Å². The van der Waals surface area contributed by atoms with Crippen LogP contribution in [0.3, 0.4) is 0 Å². The number of benzene rings is 1. The Hall–Kier alpha value is -0.820. The van der Waals surface area contributed by atoms with Crippen molar-refractivity contribution in [3.8, 4) is 0 Å². The SMILES string of the molecule is CCCc1ccc(CCC(NC)C2CC2)cc1. The molecule has 1 aromatic rings. The second kappa shape index (κ2) is 6.20. The highest BCUT2D eigenvalue weighted by molar-refractivity contribution is 5.22. The molecule has 0 spiro atoms. The Labute approximate surface area is 106 Å². The molecule has 1 N–H and O–H groups in total. The average Bonchev–Trinajstić information content (AvgIpc) is 3.17. The maximum atomic E-state index is 3.47. The Morgan fingerprint density at radius 3 is 2.18 bits per heavy atom. The third-order valence-electron chi connectivity index (χ3n) is 3.87. The van der Waals surface area contributed by atoms with Gasteiger partial charge in [-0.3, -0.25) is 0 Å². The topological polar surface area (TPSA) is 12.0 Å². The first-order valence-corrected chi connectivity index (χ1v) is 7.08. The van der Waals surface area contributed by atoms with E-state index in [0.717, 1.165) is 12.0 Å². The molecular formula is C16H25N. The first-order valence-electron chi connectivity index (χ1n) is 7.08. The quantitative estimate of drug-likeness (QED) is 0.756. The van der Waals surface area contributed by atoms with Gasteiger partial charge in [0.05, 0.1) is 0 Å². The molecule has 1 atom stereocenters. The lowest BCUT2D eigenvalue weighted by atomic mass is 10.0. The molecule has 94 valence electrons. The van der Waals surface area contributed by atoms with Gasteiger partial charge in [-0.25, -0.2) is 0 Å². The highest BCUT2D eigenvalue weighted by atomic mass is 14.9. The van der Waals surface area contributed by atoms with Gasteiger partial charge in [0.1, 0.15) is 0 Å². The van der Waals surface area contributed by atoms with Crippen LogP contribution in [0.4, 0.5) is 0 Å². The molecule has 0 heterocycles. The number of aryl methyl sites for hydroxylation is 2. The Morgan fingerprint density at radius 1 is 1.12 bits per heavy atom. The molecule has 0 saturated heterocycles. The normalized spacial score (nSPS) is 17.1. The third-order valence-corrected chi connectivity index (χ3v) is 3.87. The van der Waals surface area contributed by atoms with Crippen molar-refractivity contribution >= 4 is 0 Å². The predicted octanol–water partition coefficient (Wildman–Crippen LogP) is 3.57. The molecular weight excluding hydrogens is 206 g/mol. The smallest absolute Gasteiger partial charge is 0.00954 e. The zero-order valence-electron chi connectivity index (χ0n) is 11.2. The lowest BCUT2D eigenvalue weighted by Crippen LogP contribution is -2.27. The van der Waals surface area contributed by atoms with Crippen molar-refractivity contribution in [2.45, 2.75) is 51.5 Å². The van der Waals surface area contributed by atoms with E-state index in [1.54, 1.807) is 0 Å². The summed E-state index contributed by atoms with van der Waals surface area (Å²) in [5.41, 5.74) is 2.97. The van der Waals surface area contributed by atoms with Crippen LogP contribution in [0.1, 0.15) is 43.7 Å². The fourth-order valence-corrected chi connectivity index (χ4v) is 2.60. The third kappa shape index (κ3) is 3.85. The van der Waals surface area contributed by atoms with E-state index in [1.165, 1.54) is 49.7 Å². The van der Waals surface area contributed by atoms with E-state index in [2.05, 4.69) is 43.6 Å². The van der Waals surface area contributed by atoms with Crippen molar-refractivity contribution in [3.05, 3.63) is 35.4 Å². The lowest BCUT2D eigenvalue weighted by molar-refractivity contribution is 0.470. The number of hydrogen-bond acceptors (Lipinski definition) is 1. The predicted molar refractivity (Wildman–Crippen MR) is 74.3 cm³/mol. The monoisotopic (exact) mass is 231 g/mol. The molecule has 1 aromatic carbocycles. The van der Waals surface area contributed by atoms with Crippen LogP contribution in [-0.4, -0.2) is 13.1 Å². The molecule has 0 aromatic heterocycles. The summed E-state index contributed by atoms with van der Waals surface area (Å²) in [4.78, 5) is 0. The van der Waals surface area contributed by atoms with Crippen LogP contribution >= 0.6 is 0 Å². The fraction of sp³-hybridized carbons (Fsp3) is 0.625. The second-order valence-corrected chi connectivity index (χ2v) is 5.34. The Bertz CT molecular complexity index is 324. The minimum absolute atomic E-state index is 0.741. The maximum absolute atomic E-state index is 3.47. The Morgan fingerprint density at radius 2 is 1.71 bits per heavy atom. The van der Waals surface area contributed by atoms with E-state index in [4.69, 9.17) is 0 Å². The van der Waals surface area contributed by atoms with Crippen molar-refractivity contribution in [3.63, 3.8) is 0 Å². The Kier molecular flexibility index (Phi) is 4.61. The van der Waals surface area contributed by atoms with Gasteiger partial charge in [0, 0.05) is 6.04 Å². The highest BCUT2D eigenvalue weighted by Gasteiger charge is 2.29. The van der Waals surface area contributed by atoms with Gasteiger partial charge in [-0.2, -0.15) is 0 Å². The summed E-state index contributed by atoms with van der Waals surface area (Å²) in [7, 11) is 2.10. The van der Waals surface area contributed by atoms with E-state index in [-0.39, 0.29) is 0 Å². The first kappa shape index (κ1) is 12.6. The summed E-state index contributed by atoms with van der Waals surface area (Å²) in [6.07, 6.45) is 7.81. The summed E-state index contributed by atoms with van der Waals surface area (Å²) >= 11 is 0. The van der Waals surface area contributed by atoms with Crippen LogP contribution in [0.5, 0.6) is 0 Å². The molecule has 0 radical (unpaired) electrons. The van der Waals surface area contributed by atoms with Gasteiger partial charge in [-0.1, -0.05) is 37.6 Å². The van der Waals surface area contributed by atoms with Crippen LogP contribution in [-0.2, 0) is 12.8 Å². The summed E-state index contributed by atoms with van der Waals surface area (Å²) in [5.74, 6) is 0.958. The molecule has 1 aliphatic carbocycles. The van der Waals surface area contributed by atoms with Crippen LogP contribution in [0.2, 0.25) is 0 Å². The molecule has 0 aliphatic heterocycles. The fourth-order valence-electron chi connectivity index (χ4n) is 2.60. The van der Waals surface area contributed by atoms with Gasteiger partial charge in [0.25, 0.3) is 0 Å². The summed E-state index contributed by atoms with van der Waals surface area (Å²) < 4.78 is 0. The zero-order valence-corrected chi connectivity index (χ0v) is 11.2. The summed E-state index contributed by atoms with van der Waals surface area (Å²) in [6, 6.07) is 9.95. The highest BCUT2D eigenvalue weighted by Crippen LogP contribution is 2.34. The van der Waals surface area contributed by atoms with Crippen molar-refractivity contribution in [2.24, 2.45) is 5.92 Å². The maximum Gasteiger partial charge on any atom is 0.00954 e. The van der Waals surface area contributed by atoms with E-state index in [0.29, 0.717) is 0 Å². The average molecular weight is 231 g/mol. The number of rotatable bonds is 7. The summed E-state index contributed by atoms with van der Waals surface area (Å²) in [6.45, 7) is 2.24. The molecule has 1 saturated carbocycles. The van der Waals surface area contributed by atoms with Crippen LogP contribution in [0.25, 0.3) is 0 Å². The first-order chi connectivity index (χ1) is 8.33. The molecule has 0 amide bonds. The molecule has 1 aliphatic rings. The van der Waals surface area contributed by atoms with Crippen LogP contribution < -0.4 is 5.32 Å². The van der Waals surface area contributed by atoms with Gasteiger partial charge in [-0.05, 0) is 56.2 Å². The van der Waals surface area contributed by atoms with E-state index in [1.807, 2.05) is 0 Å². The molecule has 1 heteroatoms. The molecule has 17 heavy (non-hydrogen) atoms. The van der Waals surface area contributed by atoms with Crippen molar-refractivity contribution in [1.29, 1.82) is 0 Å². The van der Waals surface area contributed by atoms with Gasteiger partial charge < -0.3 is 5.32 Å². The van der Waals surface area contributed by atoms with Crippen molar-refractivity contribution < 1.29 is 0 Å². The molecule has 1 unspecified atom stereocenters. The van der Waals surface area contributed by atoms with E-state index >= 15 is 0 Å². The standard InChI is InChI=1S/C16H25N/c1-3-4-13-5-7-14(8-6-13)9-12-16(17-2)15-10-11-15/h5-8,15-17H,3-4,9-12H2,1-2H3. The Balaban J connectivity index is 1.81. The second-order valence-electron chi connectivity index (χ2n) is 5.34. The lowest BCUT2D eigenvalue weighted by Gasteiger charge is -2.15. The minimum Gasteiger partial charge on any atom is -0.317 e. The van der Waals surface area contributed by atoms with E-state index in [9.17, 15) is 0 Å². The van der Waals surface area contributed by atoms with E-state index < -0.39 is 0 Å². The van der Waals surface area contributed by atoms with Gasteiger partial charge in [-0.15, -0.1) is 0 Å². The van der Waals surface area contributed by atoms with Gasteiger partial charge in [0.2, 0.25) is 0 Å². The van der Waals surface area contributed by atoms with Crippen molar-refractivity contribution in [1.82, 2.24) is 5.32 Å². The molecule has 1 nitrogen and oxygen atoms in total. The van der Waals surface area contributed by atoms with Crippen molar-refractivity contribution in [2.75, 3.05) is 7.05 Å².